The van der Waals surface area contributed by atoms with Crippen LogP contribution < -0.4 is 0 Å². The first-order valence-electron chi connectivity index (χ1n) is 7.07. The second kappa shape index (κ2) is 14.3. The highest BCUT2D eigenvalue weighted by molar-refractivity contribution is 14.1. The maximum absolute atomic E-state index is 3.88. The Labute approximate surface area is 147 Å². The fourth-order valence-corrected chi connectivity index (χ4v) is 2.28. The molecule has 0 atom stereocenters. The molecule has 0 saturated heterocycles. The zero-order valence-corrected chi connectivity index (χ0v) is 16.4. The number of allylic oxidation sites excluding steroid dienone is 2. The van der Waals surface area contributed by atoms with Crippen LogP contribution in [0.1, 0.15) is 37.3 Å². The van der Waals surface area contributed by atoms with E-state index in [1.54, 1.807) is 23.1 Å². The molecular weight excluding hydrogens is 389 g/mol. The second-order valence-corrected chi connectivity index (χ2v) is 5.55. The zero-order valence-electron chi connectivity index (χ0n) is 13.5. The first kappa shape index (κ1) is 20.3. The van der Waals surface area contributed by atoms with Gasteiger partial charge in [-0.25, -0.2) is 0 Å². The Morgan fingerprint density at radius 2 is 1.86 bits per heavy atom. The van der Waals surface area contributed by atoms with Gasteiger partial charge in [-0.3, -0.25) is 4.98 Å². The first-order chi connectivity index (χ1) is 10.2. The lowest BCUT2D eigenvalue weighted by Crippen LogP contribution is -1.69. The smallest absolute Gasteiger partial charge is 0.0297 e. The van der Waals surface area contributed by atoms with Crippen LogP contribution in [-0.4, -0.2) is 9.91 Å². The molecule has 1 aliphatic rings. The van der Waals surface area contributed by atoms with Gasteiger partial charge in [-0.15, -0.1) is 0 Å². The fraction of sp³-hybridized carbons (Fsp3) is 0.389. The van der Waals surface area contributed by atoms with Crippen molar-refractivity contribution >= 4 is 33.9 Å². The van der Waals surface area contributed by atoms with Crippen LogP contribution in [0.4, 0.5) is 0 Å². The summed E-state index contributed by atoms with van der Waals surface area (Å²) in [6, 6.07) is 6.05. The molecule has 116 valence electrons. The molecule has 3 rings (SSSR count). The Bertz CT molecular complexity index is 463. The molecule has 3 heteroatoms. The van der Waals surface area contributed by atoms with Crippen LogP contribution in [0.2, 0.25) is 0 Å². The molecular formula is C18H26INS. The summed E-state index contributed by atoms with van der Waals surface area (Å²) in [4.78, 5) is 5.85. The molecule has 1 aliphatic carbocycles. The summed E-state index contributed by atoms with van der Waals surface area (Å²) >= 11 is 3.89. The molecule has 0 bridgehead atoms. The van der Waals surface area contributed by atoms with Crippen LogP contribution in [0, 0.1) is 13.8 Å². The van der Waals surface area contributed by atoms with Crippen molar-refractivity contribution in [3.05, 3.63) is 64.1 Å². The third kappa shape index (κ3) is 12.8. The predicted octanol–water partition coefficient (Wildman–Crippen LogP) is 6.61. The molecule has 0 amide bonds. The van der Waals surface area contributed by atoms with E-state index in [1.165, 1.54) is 30.4 Å². The molecule has 1 nitrogen and oxygen atoms in total. The van der Waals surface area contributed by atoms with Gasteiger partial charge in [0.25, 0.3) is 0 Å². The number of halogens is 1. The van der Waals surface area contributed by atoms with Gasteiger partial charge in [0, 0.05) is 12.4 Å². The van der Waals surface area contributed by atoms with Gasteiger partial charge >= 0.3 is 0 Å². The minimum Gasteiger partial charge on any atom is -0.264 e. The lowest BCUT2D eigenvalue weighted by Gasteiger charge is -1.82. The molecule has 0 N–H and O–H groups in total. The zero-order chi connectivity index (χ0) is 15.9. The monoisotopic (exact) mass is 415 g/mol. The Hall–Kier alpha value is -0.680. The number of hydrogen-bond donors (Lipinski definition) is 0. The van der Waals surface area contributed by atoms with Crippen molar-refractivity contribution < 1.29 is 0 Å². The Kier molecular flexibility index (Phi) is 13.8. The predicted molar refractivity (Wildman–Crippen MR) is 106 cm³/mol. The average Bonchev–Trinajstić information content (AvgIpc) is 3.17. The minimum absolute atomic E-state index is 1.21. The van der Waals surface area contributed by atoms with E-state index in [1.807, 2.05) is 30.2 Å². The molecule has 0 fully saturated rings. The SMILES string of the molecule is CC1=CCCC1.CI.Cc1cccnc1.Cc1ccsc1. The molecule has 2 heterocycles. The summed E-state index contributed by atoms with van der Waals surface area (Å²) < 4.78 is 0. The van der Waals surface area contributed by atoms with Crippen molar-refractivity contribution in [2.75, 3.05) is 4.93 Å². The fourth-order valence-electron chi connectivity index (χ4n) is 1.61. The highest BCUT2D eigenvalue weighted by Gasteiger charge is 1.95. The number of alkyl halides is 1. The summed E-state index contributed by atoms with van der Waals surface area (Å²) in [6.07, 6.45) is 9.99. The summed E-state index contributed by atoms with van der Waals surface area (Å²) in [7, 11) is 0. The Morgan fingerprint density at radius 3 is 2.05 bits per heavy atom. The van der Waals surface area contributed by atoms with Crippen LogP contribution in [0.25, 0.3) is 0 Å². The topological polar surface area (TPSA) is 12.9 Å². The van der Waals surface area contributed by atoms with Gasteiger partial charge in [-0.2, -0.15) is 11.3 Å². The van der Waals surface area contributed by atoms with Gasteiger partial charge in [0.05, 0.1) is 0 Å². The van der Waals surface area contributed by atoms with Crippen molar-refractivity contribution in [3.63, 3.8) is 0 Å². The maximum Gasteiger partial charge on any atom is 0.0297 e. The number of hydrogen-bond acceptors (Lipinski definition) is 2. The highest BCUT2D eigenvalue weighted by Crippen LogP contribution is 2.15. The minimum atomic E-state index is 1.21. The van der Waals surface area contributed by atoms with Gasteiger partial charge in [0.2, 0.25) is 0 Å². The van der Waals surface area contributed by atoms with Crippen LogP contribution in [0.3, 0.4) is 0 Å². The summed E-state index contributed by atoms with van der Waals surface area (Å²) in [6.45, 7) is 6.32. The second-order valence-electron chi connectivity index (χ2n) is 4.77. The van der Waals surface area contributed by atoms with Gasteiger partial charge in [-0.05, 0) is 79.0 Å². The van der Waals surface area contributed by atoms with E-state index >= 15 is 0 Å². The number of aromatic nitrogens is 1. The normalized spacial score (nSPS) is 11.8. The van der Waals surface area contributed by atoms with E-state index in [2.05, 4.69) is 64.3 Å². The maximum atomic E-state index is 3.88. The van der Waals surface area contributed by atoms with Crippen molar-refractivity contribution in [1.82, 2.24) is 4.98 Å². The first-order valence-corrected chi connectivity index (χ1v) is 10.2. The molecule has 0 saturated carbocycles. The molecule has 0 aromatic carbocycles. The molecule has 2 aromatic heterocycles. The third-order valence-electron chi connectivity index (χ3n) is 2.74. The number of aryl methyl sites for hydroxylation is 2. The van der Waals surface area contributed by atoms with E-state index in [9.17, 15) is 0 Å². The van der Waals surface area contributed by atoms with Crippen LogP contribution >= 0.6 is 33.9 Å². The third-order valence-corrected chi connectivity index (χ3v) is 3.54. The van der Waals surface area contributed by atoms with Crippen LogP contribution in [-0.2, 0) is 0 Å². The number of rotatable bonds is 0. The van der Waals surface area contributed by atoms with Crippen molar-refractivity contribution in [2.24, 2.45) is 0 Å². The largest absolute Gasteiger partial charge is 0.264 e. The molecule has 0 unspecified atom stereocenters. The number of thiophene rings is 1. The van der Waals surface area contributed by atoms with Gasteiger partial charge in [-0.1, -0.05) is 40.3 Å². The van der Waals surface area contributed by atoms with Crippen molar-refractivity contribution in [2.45, 2.75) is 40.0 Å². The van der Waals surface area contributed by atoms with Crippen LogP contribution in [0.5, 0.6) is 0 Å². The molecule has 21 heavy (non-hydrogen) atoms. The summed E-state index contributed by atoms with van der Waals surface area (Å²) in [5.41, 5.74) is 4.15. The van der Waals surface area contributed by atoms with E-state index < -0.39 is 0 Å². The Morgan fingerprint density at radius 1 is 1.10 bits per heavy atom. The van der Waals surface area contributed by atoms with Crippen molar-refractivity contribution in [1.29, 1.82) is 0 Å². The van der Waals surface area contributed by atoms with Gasteiger partial charge in [0.15, 0.2) is 0 Å². The Balaban J connectivity index is 0.000000271. The summed E-state index contributed by atoms with van der Waals surface area (Å²) in [5, 5.41) is 4.20. The lowest BCUT2D eigenvalue weighted by atomic mass is 10.3. The molecule has 0 radical (unpaired) electrons. The highest BCUT2D eigenvalue weighted by atomic mass is 127. The van der Waals surface area contributed by atoms with E-state index in [-0.39, 0.29) is 0 Å². The number of nitrogens with zero attached hydrogens (tertiary/aromatic N) is 1. The lowest BCUT2D eigenvalue weighted by molar-refractivity contribution is 0.907. The van der Waals surface area contributed by atoms with E-state index in [0.717, 1.165) is 0 Å². The number of pyridine rings is 1. The standard InChI is InChI=1S/C6H7N.C6H10.C5H6S.CH3I/c1-6-3-2-4-7-5-6;1-6-4-2-3-5-6;1-5-2-3-6-4-5;1-2/h2-5H,1H3;4H,2-3,5H2,1H3;2-4H,1H3;1H3. The van der Waals surface area contributed by atoms with Crippen LogP contribution in [0.15, 0.2) is 53.0 Å². The molecule has 0 aliphatic heterocycles. The molecule has 2 aromatic rings. The quantitative estimate of drug-likeness (QED) is 0.268. The van der Waals surface area contributed by atoms with E-state index in [4.69, 9.17) is 0 Å². The van der Waals surface area contributed by atoms with Gasteiger partial charge in [0.1, 0.15) is 0 Å². The van der Waals surface area contributed by atoms with Crippen molar-refractivity contribution in [3.8, 4) is 0 Å². The summed E-state index contributed by atoms with van der Waals surface area (Å²) in [5.74, 6) is 0. The molecule has 0 spiro atoms. The average molecular weight is 415 g/mol. The van der Waals surface area contributed by atoms with Gasteiger partial charge < -0.3 is 0 Å². The van der Waals surface area contributed by atoms with E-state index in [0.29, 0.717) is 0 Å².